The minimum Gasteiger partial charge on any atom is -0.484 e. The predicted octanol–water partition coefficient (Wildman–Crippen LogP) is 2.15. The van der Waals surface area contributed by atoms with E-state index in [9.17, 15) is 14.4 Å². The van der Waals surface area contributed by atoms with Gasteiger partial charge in [-0.2, -0.15) is 0 Å². The fourth-order valence-corrected chi connectivity index (χ4v) is 2.59. The van der Waals surface area contributed by atoms with Gasteiger partial charge < -0.3 is 26.2 Å². The molecular formula is C20H23N3O5. The summed E-state index contributed by atoms with van der Waals surface area (Å²) in [4.78, 5) is 34.0. The number of carboxylic acid groups (broad SMARTS) is 1. The number of benzene rings is 2. The summed E-state index contributed by atoms with van der Waals surface area (Å²) in [5.41, 5.74) is 6.51. The number of ether oxygens (including phenoxy) is 1. The molecule has 0 aromatic heterocycles. The average Bonchev–Trinajstić information content (AvgIpc) is 2.65. The van der Waals surface area contributed by atoms with Crippen LogP contribution in [-0.4, -0.2) is 35.7 Å². The first-order chi connectivity index (χ1) is 13.4. The van der Waals surface area contributed by atoms with Gasteiger partial charge in [-0.25, -0.2) is 4.79 Å². The van der Waals surface area contributed by atoms with Crippen LogP contribution in [0.4, 0.5) is 10.5 Å². The number of hydrogen-bond donors (Lipinski definition) is 4. The molecule has 2 aromatic rings. The number of nitrogens with one attached hydrogen (secondary N) is 2. The van der Waals surface area contributed by atoms with Crippen LogP contribution >= 0.6 is 0 Å². The summed E-state index contributed by atoms with van der Waals surface area (Å²) in [7, 11) is 0. The SMILES string of the molecule is NC(=O)COc1cccc(NC(=O)NC(CCC(=O)O)Cc2ccccc2)c1. The molecule has 3 amide bonds. The Bertz CT molecular complexity index is 810. The maximum absolute atomic E-state index is 12.4. The van der Waals surface area contributed by atoms with Crippen molar-refractivity contribution in [1.82, 2.24) is 5.32 Å². The Kier molecular flexibility index (Phi) is 7.83. The largest absolute Gasteiger partial charge is 0.484 e. The Hall–Kier alpha value is -3.55. The molecule has 0 radical (unpaired) electrons. The fourth-order valence-electron chi connectivity index (χ4n) is 2.59. The molecule has 148 valence electrons. The van der Waals surface area contributed by atoms with Gasteiger partial charge in [-0.1, -0.05) is 36.4 Å². The van der Waals surface area contributed by atoms with Gasteiger partial charge in [0.2, 0.25) is 0 Å². The van der Waals surface area contributed by atoms with Crippen molar-refractivity contribution < 1.29 is 24.2 Å². The molecule has 0 bridgehead atoms. The maximum Gasteiger partial charge on any atom is 0.319 e. The molecular weight excluding hydrogens is 362 g/mol. The lowest BCUT2D eigenvalue weighted by atomic mass is 10.0. The van der Waals surface area contributed by atoms with Gasteiger partial charge in [0.1, 0.15) is 5.75 Å². The first kappa shape index (κ1) is 20.8. The van der Waals surface area contributed by atoms with Crippen LogP contribution in [0.5, 0.6) is 5.75 Å². The number of urea groups is 1. The number of carbonyl (C=O) groups excluding carboxylic acids is 2. The summed E-state index contributed by atoms with van der Waals surface area (Å²) in [6.45, 7) is -0.260. The summed E-state index contributed by atoms with van der Waals surface area (Å²) < 4.78 is 5.20. The molecule has 2 rings (SSSR count). The zero-order valence-electron chi connectivity index (χ0n) is 15.3. The number of hydrogen-bond acceptors (Lipinski definition) is 4. The van der Waals surface area contributed by atoms with Gasteiger partial charge in [-0.15, -0.1) is 0 Å². The van der Waals surface area contributed by atoms with E-state index in [0.29, 0.717) is 24.3 Å². The van der Waals surface area contributed by atoms with Crippen LogP contribution in [0.25, 0.3) is 0 Å². The molecule has 1 unspecified atom stereocenters. The van der Waals surface area contributed by atoms with Crippen molar-refractivity contribution in [3.63, 3.8) is 0 Å². The van der Waals surface area contributed by atoms with Crippen molar-refractivity contribution in [3.8, 4) is 5.75 Å². The molecule has 0 fully saturated rings. The van der Waals surface area contributed by atoms with Crippen molar-refractivity contribution in [3.05, 3.63) is 60.2 Å². The fraction of sp³-hybridized carbons (Fsp3) is 0.250. The Morgan fingerprint density at radius 1 is 1.07 bits per heavy atom. The smallest absolute Gasteiger partial charge is 0.319 e. The number of rotatable bonds is 10. The van der Waals surface area contributed by atoms with E-state index >= 15 is 0 Å². The highest BCUT2D eigenvalue weighted by Gasteiger charge is 2.15. The minimum absolute atomic E-state index is 0.0474. The molecule has 2 aromatic carbocycles. The third-order valence-corrected chi connectivity index (χ3v) is 3.84. The second kappa shape index (κ2) is 10.6. The molecule has 0 saturated carbocycles. The van der Waals surface area contributed by atoms with Crippen LogP contribution in [-0.2, 0) is 16.0 Å². The van der Waals surface area contributed by atoms with E-state index in [-0.39, 0.29) is 19.1 Å². The second-order valence-electron chi connectivity index (χ2n) is 6.20. The third kappa shape index (κ3) is 7.77. The van der Waals surface area contributed by atoms with E-state index < -0.39 is 17.9 Å². The first-order valence-electron chi connectivity index (χ1n) is 8.77. The van der Waals surface area contributed by atoms with Crippen LogP contribution in [0.1, 0.15) is 18.4 Å². The zero-order valence-corrected chi connectivity index (χ0v) is 15.3. The normalized spacial score (nSPS) is 11.3. The number of carbonyl (C=O) groups is 3. The molecule has 0 aliphatic heterocycles. The topological polar surface area (TPSA) is 131 Å². The van der Waals surface area contributed by atoms with Crippen molar-refractivity contribution in [2.45, 2.75) is 25.3 Å². The molecule has 1 atom stereocenters. The second-order valence-corrected chi connectivity index (χ2v) is 6.20. The number of carboxylic acids is 1. The number of aliphatic carboxylic acids is 1. The number of amides is 3. The van der Waals surface area contributed by atoms with Gasteiger partial charge in [-0.3, -0.25) is 9.59 Å². The van der Waals surface area contributed by atoms with Gasteiger partial charge in [0.15, 0.2) is 6.61 Å². The lowest BCUT2D eigenvalue weighted by Gasteiger charge is -2.19. The van der Waals surface area contributed by atoms with Gasteiger partial charge in [0.25, 0.3) is 5.91 Å². The van der Waals surface area contributed by atoms with E-state index in [2.05, 4.69) is 10.6 Å². The van der Waals surface area contributed by atoms with Gasteiger partial charge in [0, 0.05) is 24.2 Å². The summed E-state index contributed by atoms with van der Waals surface area (Å²) in [5.74, 6) is -1.12. The summed E-state index contributed by atoms with van der Waals surface area (Å²) in [5, 5.41) is 14.4. The minimum atomic E-state index is -0.917. The molecule has 5 N–H and O–H groups in total. The Balaban J connectivity index is 1.97. The van der Waals surface area contributed by atoms with E-state index in [4.69, 9.17) is 15.6 Å². The predicted molar refractivity (Wildman–Crippen MR) is 104 cm³/mol. The maximum atomic E-state index is 12.4. The number of anilines is 1. The highest BCUT2D eigenvalue weighted by Crippen LogP contribution is 2.17. The standard InChI is InChI=1S/C20H23N3O5/c21-18(24)13-28-17-8-4-7-15(12-17)22-20(27)23-16(9-10-19(25)26)11-14-5-2-1-3-6-14/h1-8,12,16H,9-11,13H2,(H2,21,24)(H,25,26)(H2,22,23,27). The van der Waals surface area contributed by atoms with Crippen molar-refractivity contribution >= 4 is 23.6 Å². The van der Waals surface area contributed by atoms with Crippen molar-refractivity contribution in [2.24, 2.45) is 5.73 Å². The van der Waals surface area contributed by atoms with E-state index in [0.717, 1.165) is 5.56 Å². The Labute approximate surface area is 162 Å². The molecule has 0 heterocycles. The number of primary amides is 1. The van der Waals surface area contributed by atoms with Gasteiger partial charge >= 0.3 is 12.0 Å². The molecule has 0 spiro atoms. The summed E-state index contributed by atoms with van der Waals surface area (Å²) >= 11 is 0. The molecule has 8 nitrogen and oxygen atoms in total. The number of nitrogens with two attached hydrogens (primary N) is 1. The average molecular weight is 385 g/mol. The Morgan fingerprint density at radius 3 is 2.50 bits per heavy atom. The Morgan fingerprint density at radius 2 is 1.82 bits per heavy atom. The molecule has 28 heavy (non-hydrogen) atoms. The van der Waals surface area contributed by atoms with Crippen LogP contribution < -0.4 is 21.1 Å². The highest BCUT2D eigenvalue weighted by molar-refractivity contribution is 5.89. The lowest BCUT2D eigenvalue weighted by molar-refractivity contribution is -0.137. The van der Waals surface area contributed by atoms with Crippen LogP contribution in [0.3, 0.4) is 0 Å². The zero-order chi connectivity index (χ0) is 20.4. The van der Waals surface area contributed by atoms with E-state index in [1.807, 2.05) is 30.3 Å². The first-order valence-corrected chi connectivity index (χ1v) is 8.77. The van der Waals surface area contributed by atoms with E-state index in [1.165, 1.54) is 0 Å². The molecule has 0 aliphatic rings. The van der Waals surface area contributed by atoms with Crippen molar-refractivity contribution in [2.75, 3.05) is 11.9 Å². The molecule has 0 saturated heterocycles. The molecule has 8 heteroatoms. The monoisotopic (exact) mass is 385 g/mol. The quantitative estimate of drug-likeness (QED) is 0.498. The highest BCUT2D eigenvalue weighted by atomic mass is 16.5. The van der Waals surface area contributed by atoms with Crippen LogP contribution in [0.2, 0.25) is 0 Å². The summed E-state index contributed by atoms with van der Waals surface area (Å²) in [6.07, 6.45) is 0.775. The lowest BCUT2D eigenvalue weighted by Crippen LogP contribution is -2.39. The van der Waals surface area contributed by atoms with Gasteiger partial charge in [0.05, 0.1) is 0 Å². The van der Waals surface area contributed by atoms with Crippen molar-refractivity contribution in [1.29, 1.82) is 0 Å². The van der Waals surface area contributed by atoms with Crippen LogP contribution in [0, 0.1) is 0 Å². The van der Waals surface area contributed by atoms with E-state index in [1.54, 1.807) is 24.3 Å². The summed E-state index contributed by atoms with van der Waals surface area (Å²) in [6, 6.07) is 15.2. The van der Waals surface area contributed by atoms with Gasteiger partial charge in [-0.05, 0) is 30.5 Å². The molecule has 0 aliphatic carbocycles. The third-order valence-electron chi connectivity index (χ3n) is 3.84. The van der Waals surface area contributed by atoms with Crippen LogP contribution in [0.15, 0.2) is 54.6 Å².